The van der Waals surface area contributed by atoms with E-state index in [1.54, 1.807) is 12.4 Å². The highest BCUT2D eigenvalue weighted by Gasteiger charge is 2.14. The molecule has 1 aromatic carbocycles. The second-order valence-corrected chi connectivity index (χ2v) is 5.29. The van der Waals surface area contributed by atoms with Gasteiger partial charge in [0, 0.05) is 23.1 Å². The zero-order valence-electron chi connectivity index (χ0n) is 11.0. The van der Waals surface area contributed by atoms with Crippen molar-refractivity contribution in [3.63, 3.8) is 0 Å². The van der Waals surface area contributed by atoms with E-state index < -0.39 is 0 Å². The van der Waals surface area contributed by atoms with Gasteiger partial charge in [-0.05, 0) is 31.0 Å². The van der Waals surface area contributed by atoms with Crippen molar-refractivity contribution in [2.24, 2.45) is 0 Å². The van der Waals surface area contributed by atoms with Crippen LogP contribution >= 0.6 is 15.9 Å². The molecular weight excluding hydrogens is 302 g/mol. The van der Waals surface area contributed by atoms with E-state index in [1.807, 2.05) is 12.3 Å². The summed E-state index contributed by atoms with van der Waals surface area (Å²) in [5.41, 5.74) is 2.27. The van der Waals surface area contributed by atoms with E-state index in [1.165, 1.54) is 5.56 Å². The predicted molar refractivity (Wildman–Crippen MR) is 80.9 cm³/mol. The number of benzene rings is 1. The quantitative estimate of drug-likeness (QED) is 0.885. The molecule has 4 heteroatoms. The topological polar surface area (TPSA) is 37.8 Å². The van der Waals surface area contributed by atoms with E-state index in [0.717, 1.165) is 29.6 Å². The van der Waals surface area contributed by atoms with Crippen LogP contribution in [-0.4, -0.2) is 16.5 Å². The van der Waals surface area contributed by atoms with Crippen LogP contribution in [0.2, 0.25) is 0 Å². The summed E-state index contributed by atoms with van der Waals surface area (Å²) in [5, 5.41) is 3.54. The van der Waals surface area contributed by atoms with Crippen LogP contribution in [0.25, 0.3) is 0 Å². The van der Waals surface area contributed by atoms with Crippen molar-refractivity contribution < 1.29 is 0 Å². The van der Waals surface area contributed by atoms with Gasteiger partial charge in [-0.2, -0.15) is 0 Å². The lowest BCUT2D eigenvalue weighted by Gasteiger charge is -2.18. The van der Waals surface area contributed by atoms with E-state index in [2.05, 4.69) is 56.3 Å². The van der Waals surface area contributed by atoms with Gasteiger partial charge in [-0.1, -0.05) is 41.1 Å². The summed E-state index contributed by atoms with van der Waals surface area (Å²) in [6, 6.07) is 8.51. The number of aromatic nitrogens is 2. The third kappa shape index (κ3) is 4.11. The van der Waals surface area contributed by atoms with Gasteiger partial charge in [0.05, 0.1) is 11.7 Å². The average Bonchev–Trinajstić information content (AvgIpc) is 2.46. The van der Waals surface area contributed by atoms with Crippen molar-refractivity contribution in [3.05, 3.63) is 58.6 Å². The number of hydrogen-bond acceptors (Lipinski definition) is 3. The van der Waals surface area contributed by atoms with Gasteiger partial charge in [0.2, 0.25) is 0 Å². The highest BCUT2D eigenvalue weighted by atomic mass is 79.9. The van der Waals surface area contributed by atoms with Crippen LogP contribution in [0.15, 0.2) is 47.3 Å². The molecule has 0 aliphatic rings. The fourth-order valence-electron chi connectivity index (χ4n) is 1.97. The smallest absolute Gasteiger partial charge is 0.0759 e. The zero-order chi connectivity index (χ0) is 13.5. The largest absolute Gasteiger partial charge is 0.308 e. The average molecular weight is 320 g/mol. The first-order valence-electron chi connectivity index (χ1n) is 6.54. The number of nitrogens with one attached hydrogen (secondary N) is 1. The molecule has 0 aliphatic carbocycles. The number of nitrogens with zero attached hydrogens (tertiary/aromatic N) is 2. The highest BCUT2D eigenvalue weighted by Crippen LogP contribution is 2.22. The van der Waals surface area contributed by atoms with Gasteiger partial charge in [-0.25, -0.2) is 0 Å². The Kier molecular flexibility index (Phi) is 5.48. The molecule has 19 heavy (non-hydrogen) atoms. The van der Waals surface area contributed by atoms with Crippen LogP contribution in [0.4, 0.5) is 0 Å². The third-order valence-corrected chi connectivity index (χ3v) is 3.74. The molecule has 0 saturated heterocycles. The molecule has 3 nitrogen and oxygen atoms in total. The lowest BCUT2D eigenvalue weighted by atomic mass is 10.0. The molecule has 1 N–H and O–H groups in total. The van der Waals surface area contributed by atoms with Crippen LogP contribution in [0.3, 0.4) is 0 Å². The van der Waals surface area contributed by atoms with Crippen molar-refractivity contribution in [3.8, 4) is 0 Å². The number of rotatable bonds is 6. The summed E-state index contributed by atoms with van der Waals surface area (Å²) in [6.07, 6.45) is 7.30. The van der Waals surface area contributed by atoms with Crippen LogP contribution < -0.4 is 5.32 Å². The monoisotopic (exact) mass is 319 g/mol. The first-order valence-corrected chi connectivity index (χ1v) is 7.33. The van der Waals surface area contributed by atoms with Crippen molar-refractivity contribution in [2.75, 3.05) is 6.54 Å². The third-order valence-electron chi connectivity index (χ3n) is 2.96. The van der Waals surface area contributed by atoms with Crippen LogP contribution in [0.1, 0.15) is 30.6 Å². The normalized spacial score (nSPS) is 12.3. The minimum Gasteiger partial charge on any atom is -0.308 e. The summed E-state index contributed by atoms with van der Waals surface area (Å²) >= 11 is 3.60. The second-order valence-electron chi connectivity index (χ2n) is 4.43. The Bertz CT molecular complexity index is 502. The molecule has 2 aromatic rings. The minimum atomic E-state index is 0.201. The van der Waals surface area contributed by atoms with Crippen molar-refractivity contribution >= 4 is 15.9 Å². The van der Waals surface area contributed by atoms with Gasteiger partial charge in [-0.15, -0.1) is 0 Å². The molecule has 0 radical (unpaired) electrons. The summed E-state index contributed by atoms with van der Waals surface area (Å²) in [5.74, 6) is 0. The molecule has 0 amide bonds. The van der Waals surface area contributed by atoms with Gasteiger partial charge in [0.1, 0.15) is 0 Å². The highest BCUT2D eigenvalue weighted by molar-refractivity contribution is 9.10. The van der Waals surface area contributed by atoms with Gasteiger partial charge < -0.3 is 5.32 Å². The predicted octanol–water partition coefficient (Wildman–Crippen LogP) is 3.52. The number of hydrogen-bond donors (Lipinski definition) is 1. The first-order chi connectivity index (χ1) is 9.31. The molecule has 1 aromatic heterocycles. The van der Waals surface area contributed by atoms with Crippen LogP contribution in [0.5, 0.6) is 0 Å². The standard InChI is InChI=1S/C15H18BrN3/c1-2-7-18-14(15-11-17-8-9-19-15)10-12-5-3-4-6-13(12)16/h3-6,8-9,11,14,18H,2,7,10H2,1H3. The first kappa shape index (κ1) is 14.2. The van der Waals surface area contributed by atoms with E-state index in [4.69, 9.17) is 0 Å². The van der Waals surface area contributed by atoms with Gasteiger partial charge in [0.25, 0.3) is 0 Å². The molecule has 0 aliphatic heterocycles. The zero-order valence-corrected chi connectivity index (χ0v) is 12.6. The maximum Gasteiger partial charge on any atom is 0.0759 e. The molecule has 0 spiro atoms. The molecule has 1 unspecified atom stereocenters. The molecule has 2 rings (SSSR count). The SMILES string of the molecule is CCCNC(Cc1ccccc1Br)c1cnccn1. The Balaban J connectivity index is 2.17. The van der Waals surface area contributed by atoms with Crippen molar-refractivity contribution in [1.29, 1.82) is 0 Å². The van der Waals surface area contributed by atoms with E-state index in [9.17, 15) is 0 Å². The lowest BCUT2D eigenvalue weighted by molar-refractivity contribution is 0.515. The Morgan fingerprint density at radius 2 is 2.11 bits per heavy atom. The molecule has 1 atom stereocenters. The Morgan fingerprint density at radius 3 is 2.79 bits per heavy atom. The maximum atomic E-state index is 4.42. The summed E-state index contributed by atoms with van der Waals surface area (Å²) in [7, 11) is 0. The minimum absolute atomic E-state index is 0.201. The van der Waals surface area contributed by atoms with Crippen LogP contribution in [-0.2, 0) is 6.42 Å². The molecule has 1 heterocycles. The fourth-order valence-corrected chi connectivity index (χ4v) is 2.42. The van der Waals surface area contributed by atoms with Gasteiger partial charge in [-0.3, -0.25) is 9.97 Å². The Labute approximate surface area is 122 Å². The van der Waals surface area contributed by atoms with Gasteiger partial charge in [0.15, 0.2) is 0 Å². The summed E-state index contributed by atoms with van der Waals surface area (Å²) in [6.45, 7) is 3.14. The van der Waals surface area contributed by atoms with E-state index in [-0.39, 0.29) is 6.04 Å². The Hall–Kier alpha value is -1.26. The summed E-state index contributed by atoms with van der Waals surface area (Å²) < 4.78 is 1.14. The fraction of sp³-hybridized carbons (Fsp3) is 0.333. The molecule has 0 saturated carbocycles. The second kappa shape index (κ2) is 7.36. The summed E-state index contributed by atoms with van der Waals surface area (Å²) in [4.78, 5) is 8.58. The molecule has 100 valence electrons. The van der Waals surface area contributed by atoms with Crippen molar-refractivity contribution in [1.82, 2.24) is 15.3 Å². The van der Waals surface area contributed by atoms with Crippen molar-refractivity contribution in [2.45, 2.75) is 25.8 Å². The molecule has 0 bridgehead atoms. The number of halogens is 1. The lowest BCUT2D eigenvalue weighted by Crippen LogP contribution is -2.25. The van der Waals surface area contributed by atoms with E-state index >= 15 is 0 Å². The molecular formula is C15H18BrN3. The maximum absolute atomic E-state index is 4.42. The van der Waals surface area contributed by atoms with Gasteiger partial charge >= 0.3 is 0 Å². The van der Waals surface area contributed by atoms with Crippen LogP contribution in [0, 0.1) is 0 Å². The molecule has 0 fully saturated rings. The Morgan fingerprint density at radius 1 is 1.26 bits per heavy atom. The van der Waals surface area contributed by atoms with E-state index in [0.29, 0.717) is 0 Å².